The zero-order chi connectivity index (χ0) is 7.78. The van der Waals surface area contributed by atoms with Crippen LogP contribution in [0.2, 0.25) is 0 Å². The van der Waals surface area contributed by atoms with Crippen molar-refractivity contribution in [3.05, 3.63) is 29.7 Å². The molecular formula is C10H15-. The first-order valence-corrected chi connectivity index (χ1v) is 3.73. The molecule has 1 rings (SSSR count). The van der Waals surface area contributed by atoms with Crippen molar-refractivity contribution < 1.29 is 0 Å². The molecule has 0 nitrogen and oxygen atoms in total. The molecule has 0 heterocycles. The molecule has 0 aromatic heterocycles. The fourth-order valence-corrected chi connectivity index (χ4v) is 1.66. The molecule has 0 aliphatic heterocycles. The van der Waals surface area contributed by atoms with Crippen molar-refractivity contribution in [2.45, 2.75) is 27.7 Å². The van der Waals surface area contributed by atoms with Crippen molar-refractivity contribution in [2.75, 3.05) is 0 Å². The summed E-state index contributed by atoms with van der Waals surface area (Å²) in [5.41, 5.74) is 3.03. The molecule has 0 bridgehead atoms. The molecular weight excluding hydrogens is 120 g/mol. The Hall–Kier alpha value is -0.650. The van der Waals surface area contributed by atoms with Crippen molar-refractivity contribution in [1.82, 2.24) is 0 Å². The Morgan fingerprint density at radius 1 is 1.30 bits per heavy atom. The van der Waals surface area contributed by atoms with E-state index in [-0.39, 0.29) is 5.41 Å². The fourth-order valence-electron chi connectivity index (χ4n) is 1.66. The van der Waals surface area contributed by atoms with Crippen LogP contribution in [0.15, 0.2) is 23.3 Å². The number of rotatable bonds is 0. The average Bonchev–Trinajstić information content (AvgIpc) is 1.54. The van der Waals surface area contributed by atoms with Crippen LogP contribution in [0.4, 0.5) is 0 Å². The van der Waals surface area contributed by atoms with Gasteiger partial charge in [0.1, 0.15) is 0 Å². The molecule has 0 atom stereocenters. The van der Waals surface area contributed by atoms with Crippen LogP contribution in [0, 0.1) is 11.8 Å². The number of hydrogen-bond acceptors (Lipinski definition) is 0. The van der Waals surface area contributed by atoms with Gasteiger partial charge in [0.25, 0.3) is 0 Å². The molecule has 10 heavy (non-hydrogen) atoms. The minimum Gasteiger partial charge on any atom is -0.218 e. The first kappa shape index (κ1) is 7.46. The summed E-state index contributed by atoms with van der Waals surface area (Å²) in [6.07, 6.45) is 6.80. The molecule has 0 aromatic rings. The maximum atomic E-state index is 2.29. The van der Waals surface area contributed by atoms with E-state index in [1.165, 1.54) is 11.1 Å². The maximum Gasteiger partial charge on any atom is -0.0570 e. The standard InChI is InChI=1S/C10H15/c1-8-5-9(2)7-10(3,4)6-8/h5-7H,1-4H3/q-1. The molecule has 0 N–H and O–H groups in total. The van der Waals surface area contributed by atoms with E-state index in [4.69, 9.17) is 0 Å². The lowest BCUT2D eigenvalue weighted by molar-refractivity contribution is 0.569. The SMILES string of the molecule is CC1=CC(C)(C)[CH-]C(C)=C1. The van der Waals surface area contributed by atoms with Crippen LogP contribution in [0.25, 0.3) is 0 Å². The second kappa shape index (κ2) is 2.19. The smallest absolute Gasteiger partial charge is 0.0570 e. The van der Waals surface area contributed by atoms with Gasteiger partial charge in [0.05, 0.1) is 0 Å². The molecule has 0 saturated heterocycles. The molecule has 0 aromatic carbocycles. The fraction of sp³-hybridized carbons (Fsp3) is 0.500. The molecule has 1 aliphatic rings. The lowest BCUT2D eigenvalue weighted by Crippen LogP contribution is -2.12. The van der Waals surface area contributed by atoms with Crippen LogP contribution in [0.5, 0.6) is 0 Å². The van der Waals surface area contributed by atoms with E-state index in [1.807, 2.05) is 0 Å². The van der Waals surface area contributed by atoms with Crippen molar-refractivity contribution in [2.24, 2.45) is 5.41 Å². The highest BCUT2D eigenvalue weighted by molar-refractivity contribution is 5.35. The maximum absolute atomic E-state index is 2.29. The molecule has 56 valence electrons. The Balaban J connectivity index is 2.88. The highest BCUT2D eigenvalue weighted by atomic mass is 14.2. The van der Waals surface area contributed by atoms with Gasteiger partial charge in [0.2, 0.25) is 0 Å². The predicted molar refractivity (Wildman–Crippen MR) is 45.6 cm³/mol. The van der Waals surface area contributed by atoms with Crippen LogP contribution < -0.4 is 0 Å². The first-order valence-electron chi connectivity index (χ1n) is 3.73. The zero-order valence-corrected chi connectivity index (χ0v) is 7.23. The second-order valence-electron chi connectivity index (χ2n) is 3.74. The lowest BCUT2D eigenvalue weighted by Gasteiger charge is -2.33. The molecule has 0 amide bonds. The van der Waals surface area contributed by atoms with Gasteiger partial charge >= 0.3 is 0 Å². The summed E-state index contributed by atoms with van der Waals surface area (Å²) in [4.78, 5) is 0. The quantitative estimate of drug-likeness (QED) is 0.448. The van der Waals surface area contributed by atoms with Gasteiger partial charge in [-0.3, -0.25) is 0 Å². The number of hydrogen-bond donors (Lipinski definition) is 0. The van der Waals surface area contributed by atoms with Crippen molar-refractivity contribution in [3.63, 3.8) is 0 Å². The van der Waals surface area contributed by atoms with Gasteiger partial charge in [-0.05, 0) is 0 Å². The molecule has 0 spiro atoms. The summed E-state index contributed by atoms with van der Waals surface area (Å²) in [7, 11) is 0. The zero-order valence-electron chi connectivity index (χ0n) is 7.23. The highest BCUT2D eigenvalue weighted by Crippen LogP contribution is 2.31. The van der Waals surface area contributed by atoms with E-state index in [2.05, 4.69) is 46.3 Å². The third-order valence-electron chi connectivity index (χ3n) is 1.65. The van der Waals surface area contributed by atoms with Crippen LogP contribution >= 0.6 is 0 Å². The van der Waals surface area contributed by atoms with Gasteiger partial charge in [-0.2, -0.15) is 0 Å². The minimum absolute atomic E-state index is 0.267. The molecule has 0 unspecified atom stereocenters. The van der Waals surface area contributed by atoms with Crippen molar-refractivity contribution >= 4 is 0 Å². The molecule has 0 saturated carbocycles. The van der Waals surface area contributed by atoms with Crippen LogP contribution in [0.3, 0.4) is 0 Å². The van der Waals surface area contributed by atoms with Gasteiger partial charge < -0.3 is 0 Å². The summed E-state index contributed by atoms with van der Waals surface area (Å²) in [5, 5.41) is 0. The Morgan fingerprint density at radius 2 is 1.90 bits per heavy atom. The Kier molecular flexibility index (Phi) is 1.63. The summed E-state index contributed by atoms with van der Waals surface area (Å²) >= 11 is 0. The third-order valence-corrected chi connectivity index (χ3v) is 1.65. The van der Waals surface area contributed by atoms with Gasteiger partial charge in [0.15, 0.2) is 0 Å². The largest absolute Gasteiger partial charge is 0.218 e. The summed E-state index contributed by atoms with van der Waals surface area (Å²) < 4.78 is 0. The van der Waals surface area contributed by atoms with E-state index < -0.39 is 0 Å². The van der Waals surface area contributed by atoms with Crippen LogP contribution in [-0.4, -0.2) is 0 Å². The van der Waals surface area contributed by atoms with E-state index in [1.54, 1.807) is 0 Å². The van der Waals surface area contributed by atoms with Gasteiger partial charge in [0, 0.05) is 0 Å². The number of allylic oxidation sites excluding steroid dienone is 4. The van der Waals surface area contributed by atoms with Gasteiger partial charge in [-0.15, -0.1) is 11.6 Å². The Labute approximate surface area is 63.6 Å². The molecule has 0 radical (unpaired) electrons. The Bertz CT molecular complexity index is 192. The monoisotopic (exact) mass is 135 g/mol. The van der Waals surface area contributed by atoms with Crippen LogP contribution in [0.1, 0.15) is 27.7 Å². The third kappa shape index (κ3) is 1.66. The van der Waals surface area contributed by atoms with E-state index in [9.17, 15) is 0 Å². The van der Waals surface area contributed by atoms with E-state index in [0.717, 1.165) is 0 Å². The topological polar surface area (TPSA) is 0 Å². The average molecular weight is 135 g/mol. The lowest BCUT2D eigenvalue weighted by atomic mass is 9.80. The highest BCUT2D eigenvalue weighted by Gasteiger charge is 2.10. The normalized spacial score (nSPS) is 22.8. The molecule has 0 heteroatoms. The Morgan fingerprint density at radius 3 is 2.30 bits per heavy atom. The van der Waals surface area contributed by atoms with E-state index in [0.29, 0.717) is 0 Å². The van der Waals surface area contributed by atoms with Gasteiger partial charge in [-0.25, -0.2) is 18.1 Å². The first-order chi connectivity index (χ1) is 4.49. The summed E-state index contributed by atoms with van der Waals surface area (Å²) in [6, 6.07) is 0. The van der Waals surface area contributed by atoms with Crippen molar-refractivity contribution in [3.8, 4) is 0 Å². The second-order valence-corrected chi connectivity index (χ2v) is 3.74. The van der Waals surface area contributed by atoms with E-state index >= 15 is 0 Å². The summed E-state index contributed by atoms with van der Waals surface area (Å²) in [5.74, 6) is 0. The van der Waals surface area contributed by atoms with Gasteiger partial charge in [-0.1, -0.05) is 33.1 Å². The van der Waals surface area contributed by atoms with Crippen LogP contribution in [-0.2, 0) is 0 Å². The molecule has 0 fully saturated rings. The predicted octanol–water partition coefficient (Wildman–Crippen LogP) is 3.12. The minimum atomic E-state index is 0.267. The van der Waals surface area contributed by atoms with Crippen molar-refractivity contribution in [1.29, 1.82) is 0 Å². The summed E-state index contributed by atoms with van der Waals surface area (Å²) in [6.45, 7) is 8.76. The molecule has 1 aliphatic carbocycles.